The molecule has 142 valence electrons. The summed E-state index contributed by atoms with van der Waals surface area (Å²) in [5.41, 5.74) is 1.34. The van der Waals surface area contributed by atoms with Gasteiger partial charge in [0.25, 0.3) is 11.6 Å². The first-order valence-electron chi connectivity index (χ1n) is 8.74. The summed E-state index contributed by atoms with van der Waals surface area (Å²) in [6, 6.07) is 14.1. The number of rotatable bonds is 6. The monoisotopic (exact) mass is 390 g/mol. The average Bonchev–Trinajstić information content (AvgIpc) is 2.67. The van der Waals surface area contributed by atoms with E-state index in [0.717, 1.165) is 19.6 Å². The molecule has 8 heteroatoms. The number of amides is 1. The number of ether oxygens (including phenoxy) is 1. The van der Waals surface area contributed by atoms with Crippen LogP contribution in [0.1, 0.15) is 15.9 Å². The van der Waals surface area contributed by atoms with Gasteiger partial charge >= 0.3 is 0 Å². The molecule has 1 aliphatic heterocycles. The molecule has 7 nitrogen and oxygen atoms in total. The normalized spacial score (nSPS) is 19.4. The summed E-state index contributed by atoms with van der Waals surface area (Å²) in [6.07, 6.45) is -0.0850. The second-order valence-electron chi connectivity index (χ2n) is 6.49. The number of nitrogens with zero attached hydrogens (tertiary/aromatic N) is 1. The lowest BCUT2D eigenvalue weighted by Crippen LogP contribution is -3.13. The predicted molar refractivity (Wildman–Crippen MR) is 101 cm³/mol. The molecule has 0 saturated carbocycles. The summed E-state index contributed by atoms with van der Waals surface area (Å²) in [4.78, 5) is 23.9. The van der Waals surface area contributed by atoms with Gasteiger partial charge < -0.3 is 15.0 Å². The van der Waals surface area contributed by atoms with Crippen LogP contribution in [-0.2, 0) is 11.3 Å². The Labute approximate surface area is 162 Å². The van der Waals surface area contributed by atoms with Gasteiger partial charge in [0, 0.05) is 24.2 Å². The second kappa shape index (κ2) is 8.94. The Balaban J connectivity index is 1.53. The topological polar surface area (TPSA) is 85.9 Å². The number of nitro benzene ring substituents is 1. The minimum atomic E-state index is -0.548. The number of benzene rings is 2. The molecule has 1 aliphatic rings. The molecule has 1 amide bonds. The number of carbonyl (C=O) groups excluding carboxylic acids is 1. The zero-order valence-corrected chi connectivity index (χ0v) is 15.4. The summed E-state index contributed by atoms with van der Waals surface area (Å²) in [5, 5.41) is 13.6. The van der Waals surface area contributed by atoms with Crippen molar-refractivity contribution < 1.29 is 19.4 Å². The van der Waals surface area contributed by atoms with Crippen LogP contribution in [-0.4, -0.2) is 43.2 Å². The van der Waals surface area contributed by atoms with Crippen molar-refractivity contribution in [3.05, 3.63) is 74.8 Å². The quantitative estimate of drug-likeness (QED) is 0.577. The lowest BCUT2D eigenvalue weighted by Gasteiger charge is -2.30. The second-order valence-corrected chi connectivity index (χ2v) is 6.90. The minimum Gasteiger partial charge on any atom is -0.365 e. The van der Waals surface area contributed by atoms with Crippen molar-refractivity contribution in [3.8, 4) is 0 Å². The molecule has 0 spiro atoms. The van der Waals surface area contributed by atoms with E-state index in [9.17, 15) is 14.9 Å². The van der Waals surface area contributed by atoms with Crippen LogP contribution in [0.25, 0.3) is 0 Å². The van der Waals surface area contributed by atoms with Crippen LogP contribution < -0.4 is 10.2 Å². The van der Waals surface area contributed by atoms with E-state index in [2.05, 4.69) is 17.4 Å². The first kappa shape index (κ1) is 19.3. The molecular weight excluding hydrogens is 370 g/mol. The van der Waals surface area contributed by atoms with Gasteiger partial charge in [-0.3, -0.25) is 14.9 Å². The highest BCUT2D eigenvalue weighted by molar-refractivity contribution is 6.34. The van der Waals surface area contributed by atoms with Gasteiger partial charge in [-0.15, -0.1) is 0 Å². The summed E-state index contributed by atoms with van der Waals surface area (Å²) in [6.45, 7) is 3.64. The van der Waals surface area contributed by atoms with Gasteiger partial charge in [-0.05, 0) is 6.07 Å². The van der Waals surface area contributed by atoms with E-state index in [0.29, 0.717) is 13.2 Å². The van der Waals surface area contributed by atoms with Gasteiger partial charge in [-0.25, -0.2) is 0 Å². The Morgan fingerprint density at radius 1 is 1.30 bits per heavy atom. The number of halogens is 1. The zero-order valence-electron chi connectivity index (χ0n) is 14.7. The van der Waals surface area contributed by atoms with Crippen molar-refractivity contribution in [2.75, 3.05) is 26.2 Å². The van der Waals surface area contributed by atoms with Crippen LogP contribution in [0.2, 0.25) is 5.02 Å². The first-order chi connectivity index (χ1) is 13.0. The maximum atomic E-state index is 12.3. The van der Waals surface area contributed by atoms with E-state index >= 15 is 0 Å². The number of quaternary nitrogens is 1. The van der Waals surface area contributed by atoms with Crippen molar-refractivity contribution in [3.63, 3.8) is 0 Å². The van der Waals surface area contributed by atoms with Gasteiger partial charge in [0.2, 0.25) is 0 Å². The molecule has 2 aromatic rings. The Kier molecular flexibility index (Phi) is 6.39. The predicted octanol–water partition coefficient (Wildman–Crippen LogP) is 1.46. The maximum Gasteiger partial charge on any atom is 0.270 e. The summed E-state index contributed by atoms with van der Waals surface area (Å²) >= 11 is 6.00. The Bertz CT molecular complexity index is 816. The number of nitrogens with one attached hydrogen (secondary N) is 2. The van der Waals surface area contributed by atoms with E-state index < -0.39 is 4.92 Å². The number of non-ortho nitro benzene ring substituents is 1. The molecule has 2 atom stereocenters. The van der Waals surface area contributed by atoms with Crippen LogP contribution in [0.3, 0.4) is 0 Å². The van der Waals surface area contributed by atoms with Crippen molar-refractivity contribution in [2.45, 2.75) is 12.6 Å². The highest BCUT2D eigenvalue weighted by Crippen LogP contribution is 2.22. The molecule has 1 fully saturated rings. The number of hydrogen-bond acceptors (Lipinski definition) is 4. The first-order valence-corrected chi connectivity index (χ1v) is 9.12. The molecule has 1 unspecified atom stereocenters. The van der Waals surface area contributed by atoms with Crippen molar-refractivity contribution in [1.29, 1.82) is 0 Å². The van der Waals surface area contributed by atoms with E-state index in [1.165, 1.54) is 28.7 Å². The van der Waals surface area contributed by atoms with Crippen LogP contribution in [0.5, 0.6) is 0 Å². The minimum absolute atomic E-state index is 0.0580. The van der Waals surface area contributed by atoms with Gasteiger partial charge in [0.05, 0.1) is 22.1 Å². The van der Waals surface area contributed by atoms with Crippen molar-refractivity contribution >= 4 is 23.2 Å². The highest BCUT2D eigenvalue weighted by Gasteiger charge is 2.25. The zero-order chi connectivity index (χ0) is 19.2. The largest absolute Gasteiger partial charge is 0.365 e. The molecule has 0 aliphatic carbocycles. The molecule has 2 N–H and O–H groups in total. The highest BCUT2D eigenvalue weighted by atomic mass is 35.5. The van der Waals surface area contributed by atoms with E-state index in [1.54, 1.807) is 0 Å². The third-order valence-corrected chi connectivity index (χ3v) is 4.83. The fourth-order valence-electron chi connectivity index (χ4n) is 3.13. The average molecular weight is 391 g/mol. The molecule has 2 aromatic carbocycles. The number of morpholine rings is 1. The van der Waals surface area contributed by atoms with E-state index in [1.807, 2.05) is 18.2 Å². The Morgan fingerprint density at radius 3 is 2.78 bits per heavy atom. The lowest BCUT2D eigenvalue weighted by molar-refractivity contribution is -0.925. The lowest BCUT2D eigenvalue weighted by atomic mass is 10.1. The molecule has 27 heavy (non-hydrogen) atoms. The standard InChI is InChI=1S/C19H20ClN3O4/c20-18-10-15(23(25)26)6-7-17(18)19(24)21-11-16-13-22(8-9-27-16)12-14-4-2-1-3-5-14/h1-7,10,16H,8-9,11-13H2,(H,21,24)/p+1/t16-/m1/s1. The molecule has 0 radical (unpaired) electrons. The van der Waals surface area contributed by atoms with Crippen LogP contribution >= 0.6 is 11.6 Å². The maximum absolute atomic E-state index is 12.3. The molecule has 1 saturated heterocycles. The van der Waals surface area contributed by atoms with Gasteiger partial charge in [-0.2, -0.15) is 0 Å². The Hall–Kier alpha value is -2.48. The number of carbonyl (C=O) groups is 1. The van der Waals surface area contributed by atoms with Crippen LogP contribution in [0.4, 0.5) is 5.69 Å². The molecule has 3 rings (SSSR count). The third-order valence-electron chi connectivity index (χ3n) is 4.52. The molecule has 0 aromatic heterocycles. The molecule has 1 heterocycles. The molecular formula is C19H21ClN3O4+. The van der Waals surface area contributed by atoms with Crippen molar-refractivity contribution in [1.82, 2.24) is 5.32 Å². The van der Waals surface area contributed by atoms with E-state index in [4.69, 9.17) is 16.3 Å². The van der Waals surface area contributed by atoms with Crippen LogP contribution in [0.15, 0.2) is 48.5 Å². The third kappa shape index (κ3) is 5.26. The fraction of sp³-hybridized carbons (Fsp3) is 0.316. The summed E-state index contributed by atoms with van der Waals surface area (Å²) < 4.78 is 5.76. The van der Waals surface area contributed by atoms with Gasteiger partial charge in [0.1, 0.15) is 25.7 Å². The smallest absolute Gasteiger partial charge is 0.270 e. The fourth-order valence-corrected chi connectivity index (χ4v) is 3.39. The van der Waals surface area contributed by atoms with Crippen molar-refractivity contribution in [2.24, 2.45) is 0 Å². The van der Waals surface area contributed by atoms with E-state index in [-0.39, 0.29) is 28.3 Å². The summed E-state index contributed by atoms with van der Waals surface area (Å²) in [7, 11) is 0. The SMILES string of the molecule is O=C(NC[C@@H]1C[NH+](Cc2ccccc2)CCO1)c1ccc([N+](=O)[O-])cc1Cl. The molecule has 0 bridgehead atoms. The Morgan fingerprint density at radius 2 is 2.07 bits per heavy atom. The van der Waals surface area contributed by atoms with Gasteiger partial charge in [-0.1, -0.05) is 41.9 Å². The van der Waals surface area contributed by atoms with Crippen LogP contribution in [0, 0.1) is 10.1 Å². The summed E-state index contributed by atoms with van der Waals surface area (Å²) in [5.74, 6) is -0.367. The van der Waals surface area contributed by atoms with Gasteiger partial charge in [0.15, 0.2) is 0 Å². The number of nitro groups is 1. The number of hydrogen-bond donors (Lipinski definition) is 2.